The maximum Gasteiger partial charge on any atom is 0.413 e. The highest BCUT2D eigenvalue weighted by Gasteiger charge is 2.56. The van der Waals surface area contributed by atoms with Gasteiger partial charge in [0.15, 0.2) is 0 Å². The molecule has 3 N–H and O–H groups in total. The van der Waals surface area contributed by atoms with Gasteiger partial charge in [0.25, 0.3) is 0 Å². The molecule has 1 aromatic carbocycles. The van der Waals surface area contributed by atoms with Gasteiger partial charge in [-0.25, -0.2) is 19.2 Å². The molecule has 1 amide bonds. The second kappa shape index (κ2) is 7.30. The molecule has 4 heterocycles. The van der Waals surface area contributed by atoms with Crippen LogP contribution in [0, 0.1) is 24.6 Å². The van der Waals surface area contributed by atoms with Crippen molar-refractivity contribution < 1.29 is 18.7 Å². The molecule has 0 radical (unpaired) electrons. The Morgan fingerprint density at radius 1 is 1.16 bits per heavy atom. The van der Waals surface area contributed by atoms with E-state index in [1.54, 1.807) is 24.5 Å². The highest BCUT2D eigenvalue weighted by molar-refractivity contribution is 5.92. The molecule has 2 fully saturated rings. The third-order valence-electron chi connectivity index (χ3n) is 6.53. The van der Waals surface area contributed by atoms with Gasteiger partial charge in [-0.05, 0) is 36.1 Å². The summed E-state index contributed by atoms with van der Waals surface area (Å²) in [6, 6.07) is 4.91. The van der Waals surface area contributed by atoms with Crippen LogP contribution in [0.1, 0.15) is 5.56 Å². The van der Waals surface area contributed by atoms with Gasteiger partial charge in [0.05, 0.1) is 0 Å². The Bertz CT molecular complexity index is 1240. The van der Waals surface area contributed by atoms with Crippen LogP contribution in [0.2, 0.25) is 0 Å². The topological polar surface area (TPSA) is 97.4 Å². The number of nitrogens with zero attached hydrogens (tertiary/aromatic N) is 2. The number of hydrogen-bond acceptors (Lipinski definition) is 7. The van der Waals surface area contributed by atoms with Crippen LogP contribution in [0.4, 0.5) is 20.7 Å². The van der Waals surface area contributed by atoms with E-state index in [9.17, 15) is 9.18 Å². The minimum Gasteiger partial charge on any atom is -0.474 e. The Labute approximate surface area is 183 Å². The predicted molar refractivity (Wildman–Crippen MR) is 117 cm³/mol. The summed E-state index contributed by atoms with van der Waals surface area (Å²) in [4.78, 5) is 20.9. The highest BCUT2D eigenvalue weighted by Crippen LogP contribution is 2.44. The average Bonchev–Trinajstić information content (AvgIpc) is 3.19. The fourth-order valence-electron chi connectivity index (χ4n) is 4.73. The van der Waals surface area contributed by atoms with E-state index >= 15 is 0 Å². The van der Waals surface area contributed by atoms with Crippen molar-refractivity contribution >= 4 is 28.4 Å². The van der Waals surface area contributed by atoms with E-state index in [0.717, 1.165) is 29.7 Å². The number of pyridine rings is 2. The summed E-state index contributed by atoms with van der Waals surface area (Å²) in [5.41, 5.74) is 2.76. The minimum absolute atomic E-state index is 0.0190. The molecule has 2 atom stereocenters. The molecule has 3 aliphatic rings. The number of benzene rings is 1. The first-order valence-corrected chi connectivity index (χ1v) is 10.7. The quantitative estimate of drug-likeness (QED) is 0.581. The number of halogens is 1. The lowest BCUT2D eigenvalue weighted by Gasteiger charge is -2.21. The zero-order valence-electron chi connectivity index (χ0n) is 17.4. The number of rotatable bonds is 3. The molecule has 2 aliphatic heterocycles. The van der Waals surface area contributed by atoms with E-state index in [2.05, 4.69) is 25.9 Å². The molecule has 6 rings (SSSR count). The number of ether oxygens (including phenoxy) is 2. The first kappa shape index (κ1) is 19.2. The lowest BCUT2D eigenvalue weighted by molar-refractivity contribution is 0.140. The van der Waals surface area contributed by atoms with E-state index in [-0.39, 0.29) is 11.9 Å². The molecular formula is C23H22FN5O3. The largest absolute Gasteiger partial charge is 0.474 e. The van der Waals surface area contributed by atoms with E-state index in [1.807, 2.05) is 6.92 Å². The third kappa shape index (κ3) is 3.20. The van der Waals surface area contributed by atoms with Crippen LogP contribution in [0.5, 0.6) is 5.88 Å². The number of hydrogen-bond donors (Lipinski definition) is 3. The molecule has 2 unspecified atom stereocenters. The molecule has 32 heavy (non-hydrogen) atoms. The number of amides is 1. The van der Waals surface area contributed by atoms with Crippen LogP contribution in [-0.2, 0) is 4.74 Å². The summed E-state index contributed by atoms with van der Waals surface area (Å²) in [6.45, 7) is 4.93. The molecule has 3 aromatic rings. The molecule has 164 valence electrons. The Morgan fingerprint density at radius 2 is 2.00 bits per heavy atom. The van der Waals surface area contributed by atoms with Gasteiger partial charge in [-0.2, -0.15) is 0 Å². The van der Waals surface area contributed by atoms with Crippen LogP contribution in [0.3, 0.4) is 0 Å². The predicted octanol–water partition coefficient (Wildman–Crippen LogP) is 3.31. The van der Waals surface area contributed by atoms with Gasteiger partial charge in [-0.15, -0.1) is 0 Å². The fraction of sp³-hybridized carbons (Fsp3) is 0.348. The van der Waals surface area contributed by atoms with Crippen molar-refractivity contribution in [2.75, 3.05) is 36.9 Å². The van der Waals surface area contributed by atoms with Crippen molar-refractivity contribution in [3.63, 3.8) is 0 Å². The van der Waals surface area contributed by atoms with Gasteiger partial charge in [-0.1, -0.05) is 0 Å². The number of nitrogens with one attached hydrogen (secondary N) is 3. The molecule has 9 heteroatoms. The molecular weight excluding hydrogens is 413 g/mol. The highest BCUT2D eigenvalue weighted by atomic mass is 19.1. The summed E-state index contributed by atoms with van der Waals surface area (Å²) >= 11 is 0. The molecule has 8 nitrogen and oxygen atoms in total. The molecule has 2 aromatic heterocycles. The normalized spacial score (nSPS) is 23.0. The van der Waals surface area contributed by atoms with Crippen molar-refractivity contribution in [2.45, 2.75) is 13.0 Å². The number of piperidine rings is 1. The maximum atomic E-state index is 15.0. The monoisotopic (exact) mass is 435 g/mol. The van der Waals surface area contributed by atoms with E-state index in [4.69, 9.17) is 9.47 Å². The van der Waals surface area contributed by atoms with Crippen LogP contribution >= 0.6 is 0 Å². The summed E-state index contributed by atoms with van der Waals surface area (Å²) in [5, 5.41) is 10.6. The second-order valence-corrected chi connectivity index (χ2v) is 8.48. The first-order chi connectivity index (χ1) is 15.6. The van der Waals surface area contributed by atoms with Crippen LogP contribution < -0.4 is 20.7 Å². The van der Waals surface area contributed by atoms with Crippen molar-refractivity contribution in [1.29, 1.82) is 0 Å². The zero-order valence-corrected chi connectivity index (χ0v) is 17.4. The van der Waals surface area contributed by atoms with Gasteiger partial charge in [0, 0.05) is 60.4 Å². The van der Waals surface area contributed by atoms with Crippen molar-refractivity contribution in [3.8, 4) is 17.0 Å². The molecule has 1 saturated heterocycles. The first-order valence-electron chi connectivity index (χ1n) is 10.7. The maximum absolute atomic E-state index is 15.0. The molecule has 0 spiro atoms. The lowest BCUT2D eigenvalue weighted by atomic mass is 9.98. The van der Waals surface area contributed by atoms with Gasteiger partial charge < -0.3 is 20.1 Å². The summed E-state index contributed by atoms with van der Waals surface area (Å²) in [5.74, 6) is 1.37. The second-order valence-electron chi connectivity index (χ2n) is 8.48. The van der Waals surface area contributed by atoms with E-state index in [0.29, 0.717) is 53.2 Å². The van der Waals surface area contributed by atoms with Gasteiger partial charge in [-0.3, -0.25) is 5.32 Å². The van der Waals surface area contributed by atoms with E-state index < -0.39 is 6.09 Å². The van der Waals surface area contributed by atoms with Crippen LogP contribution in [0.15, 0.2) is 30.6 Å². The SMILES string of the molecule is Cc1c(-c2cc3cc(NC(=O)OC4C5CNCC54)ncc3cc2F)cnc2c1NCCO2. The number of carbonyl (C=O) groups excluding carboxylic acids is 1. The van der Waals surface area contributed by atoms with Crippen molar-refractivity contribution in [2.24, 2.45) is 11.8 Å². The zero-order chi connectivity index (χ0) is 21.8. The Balaban J connectivity index is 1.28. The number of fused-ring (bicyclic) bond motifs is 3. The smallest absolute Gasteiger partial charge is 0.413 e. The van der Waals surface area contributed by atoms with Gasteiger partial charge in [0.2, 0.25) is 5.88 Å². The summed E-state index contributed by atoms with van der Waals surface area (Å²) in [6.07, 6.45) is 2.64. The Hall–Kier alpha value is -3.46. The molecule has 1 saturated carbocycles. The molecule has 1 aliphatic carbocycles. The molecule has 0 bridgehead atoms. The van der Waals surface area contributed by atoms with Crippen LogP contribution in [0.25, 0.3) is 21.9 Å². The average molecular weight is 435 g/mol. The number of anilines is 2. The Kier molecular flexibility index (Phi) is 4.39. The number of carbonyl (C=O) groups is 1. The third-order valence-corrected chi connectivity index (χ3v) is 6.53. The minimum atomic E-state index is -0.514. The van der Waals surface area contributed by atoms with E-state index in [1.165, 1.54) is 6.07 Å². The van der Waals surface area contributed by atoms with Gasteiger partial charge >= 0.3 is 6.09 Å². The fourth-order valence-corrected chi connectivity index (χ4v) is 4.73. The van der Waals surface area contributed by atoms with Crippen LogP contribution in [-0.4, -0.2) is 48.4 Å². The standard InChI is InChI=1S/C23H22FN5O3/c1-11-15(10-28-22-20(11)26-2-3-31-22)14-4-12-6-19(27-7-13(12)5-18(14)24)29-23(30)32-21-16-8-25-9-17(16)21/h4-7,10,16-17,21,25-26H,2-3,8-9H2,1H3,(H,27,29,30). The summed E-state index contributed by atoms with van der Waals surface area (Å²) < 4.78 is 26.1. The van der Waals surface area contributed by atoms with Crippen molar-refractivity contribution in [3.05, 3.63) is 42.0 Å². The Morgan fingerprint density at radius 3 is 2.84 bits per heavy atom. The van der Waals surface area contributed by atoms with Gasteiger partial charge in [0.1, 0.15) is 30.0 Å². The summed E-state index contributed by atoms with van der Waals surface area (Å²) in [7, 11) is 0. The lowest BCUT2D eigenvalue weighted by Crippen LogP contribution is -2.23. The van der Waals surface area contributed by atoms with Crippen molar-refractivity contribution in [1.82, 2.24) is 15.3 Å². The number of aromatic nitrogens is 2.